The highest BCUT2D eigenvalue weighted by atomic mass is 16.5. The molecule has 0 spiro atoms. The van der Waals surface area contributed by atoms with E-state index in [2.05, 4.69) is 9.72 Å². The normalized spacial score (nSPS) is 9.73. The van der Waals surface area contributed by atoms with Crippen molar-refractivity contribution in [3.05, 3.63) is 17.8 Å². The fraction of sp³-hybridized carbons (Fsp3) is 0.400. The van der Waals surface area contributed by atoms with Gasteiger partial charge in [-0.25, -0.2) is 4.98 Å². The van der Waals surface area contributed by atoms with E-state index in [1.165, 1.54) is 7.11 Å². The average Bonchev–Trinajstić information content (AvgIpc) is 2.23. The van der Waals surface area contributed by atoms with Crippen molar-refractivity contribution in [1.82, 2.24) is 4.98 Å². The van der Waals surface area contributed by atoms with Gasteiger partial charge < -0.3 is 15.2 Å². The summed E-state index contributed by atoms with van der Waals surface area (Å²) in [5, 5.41) is 0. The number of esters is 1. The summed E-state index contributed by atoms with van der Waals surface area (Å²) >= 11 is 0. The Morgan fingerprint density at radius 1 is 1.53 bits per heavy atom. The Balaban J connectivity index is 2.82. The monoisotopic (exact) mass is 210 g/mol. The van der Waals surface area contributed by atoms with Crippen LogP contribution in [0.5, 0.6) is 5.88 Å². The lowest BCUT2D eigenvalue weighted by molar-refractivity contribution is -0.139. The topological polar surface area (TPSA) is 74.4 Å². The predicted octanol–water partition coefficient (Wildman–Crippen LogP) is 0.778. The summed E-state index contributed by atoms with van der Waals surface area (Å²) in [5.41, 5.74) is 6.68. The molecule has 5 heteroatoms. The predicted molar refractivity (Wildman–Crippen MR) is 55.5 cm³/mol. The summed E-state index contributed by atoms with van der Waals surface area (Å²) in [4.78, 5) is 15.1. The molecule has 0 unspecified atom stereocenters. The van der Waals surface area contributed by atoms with E-state index in [0.717, 1.165) is 0 Å². The molecule has 0 aliphatic carbocycles. The van der Waals surface area contributed by atoms with Gasteiger partial charge in [0.2, 0.25) is 5.88 Å². The molecule has 0 bridgehead atoms. The van der Waals surface area contributed by atoms with Gasteiger partial charge in [0.1, 0.15) is 0 Å². The zero-order chi connectivity index (χ0) is 11.3. The molecule has 15 heavy (non-hydrogen) atoms. The Morgan fingerprint density at radius 2 is 2.27 bits per heavy atom. The molecule has 1 heterocycles. The number of hydrogen-bond acceptors (Lipinski definition) is 5. The molecule has 0 saturated heterocycles. The zero-order valence-corrected chi connectivity index (χ0v) is 8.82. The highest BCUT2D eigenvalue weighted by Gasteiger charge is 2.07. The maximum atomic E-state index is 11.0. The summed E-state index contributed by atoms with van der Waals surface area (Å²) in [6.45, 7) is 2.33. The Hall–Kier alpha value is -1.78. The molecule has 1 aromatic heterocycles. The molecule has 0 aliphatic heterocycles. The number of ether oxygens (including phenoxy) is 2. The van der Waals surface area contributed by atoms with Gasteiger partial charge in [-0.2, -0.15) is 0 Å². The highest BCUT2D eigenvalue weighted by molar-refractivity contribution is 5.72. The van der Waals surface area contributed by atoms with Gasteiger partial charge in [0.05, 0.1) is 31.5 Å². The first-order valence-electron chi connectivity index (χ1n) is 4.62. The van der Waals surface area contributed by atoms with Crippen molar-refractivity contribution < 1.29 is 14.3 Å². The number of methoxy groups -OCH3 is 1. The third kappa shape index (κ3) is 3.12. The number of hydrogen-bond donors (Lipinski definition) is 1. The van der Waals surface area contributed by atoms with Crippen LogP contribution < -0.4 is 10.5 Å². The Kier molecular flexibility index (Phi) is 3.91. The van der Waals surface area contributed by atoms with Crippen molar-refractivity contribution in [3.8, 4) is 5.88 Å². The summed E-state index contributed by atoms with van der Waals surface area (Å²) in [7, 11) is 1.34. The number of pyridine rings is 1. The summed E-state index contributed by atoms with van der Waals surface area (Å²) in [6.07, 6.45) is 0.122. The molecule has 82 valence electrons. The lowest BCUT2D eigenvalue weighted by Gasteiger charge is -2.07. The minimum atomic E-state index is -0.338. The summed E-state index contributed by atoms with van der Waals surface area (Å²) in [6, 6.07) is 3.34. The third-order valence-electron chi connectivity index (χ3n) is 1.78. The van der Waals surface area contributed by atoms with Crippen molar-refractivity contribution in [3.63, 3.8) is 0 Å². The van der Waals surface area contributed by atoms with E-state index in [0.29, 0.717) is 23.9 Å². The fourth-order valence-corrected chi connectivity index (χ4v) is 1.06. The van der Waals surface area contributed by atoms with Crippen LogP contribution in [-0.4, -0.2) is 24.7 Å². The van der Waals surface area contributed by atoms with E-state index in [1.807, 2.05) is 6.92 Å². The third-order valence-corrected chi connectivity index (χ3v) is 1.78. The van der Waals surface area contributed by atoms with E-state index in [-0.39, 0.29) is 12.4 Å². The fourth-order valence-electron chi connectivity index (χ4n) is 1.06. The second-order valence-electron chi connectivity index (χ2n) is 2.88. The maximum Gasteiger partial charge on any atom is 0.311 e. The molecule has 5 nitrogen and oxygen atoms in total. The number of nitrogens with two attached hydrogens (primary N) is 1. The van der Waals surface area contributed by atoms with Crippen molar-refractivity contribution in [2.75, 3.05) is 19.5 Å². The average molecular weight is 210 g/mol. The second-order valence-corrected chi connectivity index (χ2v) is 2.88. The van der Waals surface area contributed by atoms with Gasteiger partial charge in [0.15, 0.2) is 0 Å². The molecular weight excluding hydrogens is 196 g/mol. The van der Waals surface area contributed by atoms with Gasteiger partial charge in [-0.15, -0.1) is 0 Å². The van der Waals surface area contributed by atoms with Crippen LogP contribution in [0, 0.1) is 0 Å². The number of aromatic nitrogens is 1. The number of nitrogen functional groups attached to an aromatic ring is 1. The molecule has 0 amide bonds. The molecule has 1 aromatic rings. The smallest absolute Gasteiger partial charge is 0.311 e. The summed E-state index contributed by atoms with van der Waals surface area (Å²) in [5.74, 6) is 0.0219. The molecule has 0 saturated carbocycles. The van der Waals surface area contributed by atoms with Crippen LogP contribution in [-0.2, 0) is 16.0 Å². The van der Waals surface area contributed by atoms with Crippen LogP contribution >= 0.6 is 0 Å². The van der Waals surface area contributed by atoms with Crippen molar-refractivity contribution in [2.24, 2.45) is 0 Å². The van der Waals surface area contributed by atoms with E-state index < -0.39 is 0 Å². The van der Waals surface area contributed by atoms with Crippen LogP contribution in [0.25, 0.3) is 0 Å². The Bertz CT molecular complexity index is 353. The van der Waals surface area contributed by atoms with E-state index in [4.69, 9.17) is 10.5 Å². The molecule has 0 fully saturated rings. The standard InChI is InChI=1S/C10H14N2O3/c1-3-15-10-8(11)5-4-7(12-10)6-9(13)14-2/h4-5H,3,6,11H2,1-2H3. The lowest BCUT2D eigenvalue weighted by Crippen LogP contribution is -2.08. The van der Waals surface area contributed by atoms with Gasteiger partial charge in [-0.3, -0.25) is 4.79 Å². The van der Waals surface area contributed by atoms with Crippen molar-refractivity contribution >= 4 is 11.7 Å². The first-order valence-corrected chi connectivity index (χ1v) is 4.62. The van der Waals surface area contributed by atoms with E-state index >= 15 is 0 Å². The van der Waals surface area contributed by atoms with Gasteiger partial charge in [0.25, 0.3) is 0 Å². The van der Waals surface area contributed by atoms with Crippen LogP contribution in [0.1, 0.15) is 12.6 Å². The lowest BCUT2D eigenvalue weighted by atomic mass is 10.2. The Morgan fingerprint density at radius 3 is 2.87 bits per heavy atom. The van der Waals surface area contributed by atoms with E-state index in [1.54, 1.807) is 12.1 Å². The molecule has 0 aromatic carbocycles. The molecule has 2 N–H and O–H groups in total. The minimum absolute atomic E-state index is 0.122. The molecule has 1 rings (SSSR count). The van der Waals surface area contributed by atoms with E-state index in [9.17, 15) is 4.79 Å². The zero-order valence-electron chi connectivity index (χ0n) is 8.82. The van der Waals surface area contributed by atoms with Gasteiger partial charge in [-0.1, -0.05) is 0 Å². The highest BCUT2D eigenvalue weighted by Crippen LogP contribution is 2.18. The number of carbonyl (C=O) groups excluding carboxylic acids is 1. The number of carbonyl (C=O) groups is 1. The molecule has 0 radical (unpaired) electrons. The Labute approximate surface area is 88.2 Å². The number of rotatable bonds is 4. The molecular formula is C10H14N2O3. The SMILES string of the molecule is CCOc1nc(CC(=O)OC)ccc1N. The van der Waals surface area contributed by atoms with Gasteiger partial charge >= 0.3 is 5.97 Å². The molecule has 0 aliphatic rings. The minimum Gasteiger partial charge on any atom is -0.476 e. The van der Waals surface area contributed by atoms with Crippen molar-refractivity contribution in [2.45, 2.75) is 13.3 Å². The quantitative estimate of drug-likeness (QED) is 0.743. The largest absolute Gasteiger partial charge is 0.476 e. The van der Waals surface area contributed by atoms with Gasteiger partial charge in [-0.05, 0) is 19.1 Å². The second kappa shape index (κ2) is 5.19. The summed E-state index contributed by atoms with van der Waals surface area (Å²) < 4.78 is 9.74. The van der Waals surface area contributed by atoms with Crippen molar-refractivity contribution in [1.29, 1.82) is 0 Å². The first-order chi connectivity index (χ1) is 7.17. The first kappa shape index (κ1) is 11.3. The number of nitrogens with zero attached hydrogens (tertiary/aromatic N) is 1. The van der Waals surface area contributed by atoms with Crippen LogP contribution in [0.4, 0.5) is 5.69 Å². The van der Waals surface area contributed by atoms with Crippen LogP contribution in [0.3, 0.4) is 0 Å². The maximum absolute atomic E-state index is 11.0. The van der Waals surface area contributed by atoms with Gasteiger partial charge in [0, 0.05) is 0 Å². The van der Waals surface area contributed by atoms with Crippen LogP contribution in [0.15, 0.2) is 12.1 Å². The van der Waals surface area contributed by atoms with Crippen LogP contribution in [0.2, 0.25) is 0 Å². The number of anilines is 1. The molecule has 0 atom stereocenters.